The Morgan fingerprint density at radius 3 is 2.65 bits per heavy atom. The zero-order valence-corrected chi connectivity index (χ0v) is 14.0. The number of hydrogen-bond donors (Lipinski definition) is 1. The highest BCUT2D eigenvalue weighted by Gasteiger charge is 2.32. The Balaban J connectivity index is 1.89. The van der Waals surface area contributed by atoms with Crippen LogP contribution in [-0.4, -0.2) is 54.6 Å². The third kappa shape index (κ3) is 3.41. The molecule has 1 aliphatic carbocycles. The van der Waals surface area contributed by atoms with Crippen molar-refractivity contribution in [3.63, 3.8) is 0 Å². The summed E-state index contributed by atoms with van der Waals surface area (Å²) in [6.07, 6.45) is 1.67. The van der Waals surface area contributed by atoms with E-state index < -0.39 is 6.10 Å². The standard InChI is InChI=1S/C18H24N2O3/c1-19(2)10-14-13-6-4-5-7-16(13)23-17(14)18(22)20(3)11-15(21)12-8-9-12/h4-7,12,15,21H,8-11H2,1-3H3. The maximum absolute atomic E-state index is 12.8. The van der Waals surface area contributed by atoms with Gasteiger partial charge in [0.25, 0.3) is 5.91 Å². The highest BCUT2D eigenvalue weighted by molar-refractivity contribution is 5.99. The van der Waals surface area contributed by atoms with E-state index in [0.29, 0.717) is 24.8 Å². The SMILES string of the molecule is CN(C)Cc1c(C(=O)N(C)CC(O)C2CC2)oc2ccccc12. The molecule has 1 saturated carbocycles. The number of benzene rings is 1. The van der Waals surface area contributed by atoms with Crippen LogP contribution in [0.25, 0.3) is 11.0 Å². The van der Waals surface area contributed by atoms with Crippen LogP contribution in [0.15, 0.2) is 28.7 Å². The summed E-state index contributed by atoms with van der Waals surface area (Å²) in [5, 5.41) is 11.0. The predicted octanol–water partition coefficient (Wildman–Crippen LogP) is 2.34. The summed E-state index contributed by atoms with van der Waals surface area (Å²) in [5.41, 5.74) is 1.63. The van der Waals surface area contributed by atoms with Gasteiger partial charge >= 0.3 is 0 Å². The molecule has 1 aliphatic rings. The maximum Gasteiger partial charge on any atom is 0.289 e. The molecule has 1 amide bonds. The highest BCUT2D eigenvalue weighted by Crippen LogP contribution is 2.33. The molecule has 23 heavy (non-hydrogen) atoms. The monoisotopic (exact) mass is 316 g/mol. The minimum Gasteiger partial charge on any atom is -0.451 e. The van der Waals surface area contributed by atoms with Crippen molar-refractivity contribution in [1.82, 2.24) is 9.80 Å². The van der Waals surface area contributed by atoms with E-state index in [9.17, 15) is 9.90 Å². The first-order valence-electron chi connectivity index (χ1n) is 8.06. The summed E-state index contributed by atoms with van der Waals surface area (Å²) in [7, 11) is 5.66. The van der Waals surface area contributed by atoms with E-state index in [1.807, 2.05) is 43.3 Å². The summed E-state index contributed by atoms with van der Waals surface area (Å²) >= 11 is 0. The van der Waals surface area contributed by atoms with E-state index in [4.69, 9.17) is 4.42 Å². The first-order valence-corrected chi connectivity index (χ1v) is 8.06. The number of carbonyl (C=O) groups excluding carboxylic acids is 1. The lowest BCUT2D eigenvalue weighted by Gasteiger charge is -2.20. The first kappa shape index (κ1) is 16.0. The number of hydrogen-bond acceptors (Lipinski definition) is 4. The molecule has 0 radical (unpaired) electrons. The van der Waals surface area contributed by atoms with Crippen LogP contribution in [0.5, 0.6) is 0 Å². The topological polar surface area (TPSA) is 56.9 Å². The van der Waals surface area contributed by atoms with E-state index in [-0.39, 0.29) is 5.91 Å². The van der Waals surface area contributed by atoms with E-state index in [1.54, 1.807) is 11.9 Å². The third-order valence-corrected chi connectivity index (χ3v) is 4.34. The molecule has 1 unspecified atom stereocenters. The number of fused-ring (bicyclic) bond motifs is 1. The van der Waals surface area contributed by atoms with Crippen molar-refractivity contribution in [2.45, 2.75) is 25.5 Å². The Morgan fingerprint density at radius 2 is 2.00 bits per heavy atom. The van der Waals surface area contributed by atoms with Crippen LogP contribution in [0.4, 0.5) is 0 Å². The van der Waals surface area contributed by atoms with Gasteiger partial charge in [-0.1, -0.05) is 18.2 Å². The molecule has 1 fully saturated rings. The zero-order chi connectivity index (χ0) is 16.6. The van der Waals surface area contributed by atoms with Crippen LogP contribution in [-0.2, 0) is 6.54 Å². The Morgan fingerprint density at radius 1 is 1.30 bits per heavy atom. The van der Waals surface area contributed by atoms with Gasteiger partial charge < -0.3 is 19.3 Å². The van der Waals surface area contributed by atoms with Crippen molar-refractivity contribution in [3.8, 4) is 0 Å². The average Bonchev–Trinajstić information content (AvgIpc) is 3.30. The number of para-hydroxylation sites is 1. The van der Waals surface area contributed by atoms with Crippen molar-refractivity contribution in [1.29, 1.82) is 0 Å². The minimum absolute atomic E-state index is 0.169. The van der Waals surface area contributed by atoms with Gasteiger partial charge in [0.1, 0.15) is 5.58 Å². The fourth-order valence-electron chi connectivity index (χ4n) is 2.91. The largest absolute Gasteiger partial charge is 0.451 e. The van der Waals surface area contributed by atoms with E-state index >= 15 is 0 Å². The number of carbonyl (C=O) groups is 1. The molecule has 5 heteroatoms. The second-order valence-corrected chi connectivity index (χ2v) is 6.73. The predicted molar refractivity (Wildman–Crippen MR) is 89.3 cm³/mol. The average molecular weight is 316 g/mol. The van der Waals surface area contributed by atoms with Crippen molar-refractivity contribution in [3.05, 3.63) is 35.6 Å². The van der Waals surface area contributed by atoms with Crippen LogP contribution in [0.1, 0.15) is 29.0 Å². The molecule has 0 bridgehead atoms. The lowest BCUT2D eigenvalue weighted by atomic mass is 10.1. The summed E-state index contributed by atoms with van der Waals surface area (Å²) in [4.78, 5) is 16.4. The summed E-state index contributed by atoms with van der Waals surface area (Å²) < 4.78 is 5.84. The molecule has 0 aliphatic heterocycles. The number of amides is 1. The van der Waals surface area contributed by atoms with Gasteiger partial charge in [-0.05, 0) is 38.9 Å². The molecule has 3 rings (SSSR count). The fourth-order valence-corrected chi connectivity index (χ4v) is 2.91. The molecule has 124 valence electrons. The number of likely N-dealkylation sites (N-methyl/N-ethyl adjacent to an activating group) is 1. The number of nitrogens with zero attached hydrogens (tertiary/aromatic N) is 2. The van der Waals surface area contributed by atoms with Crippen LogP contribution in [0, 0.1) is 5.92 Å². The summed E-state index contributed by atoms with van der Waals surface area (Å²) in [6, 6.07) is 7.71. The second-order valence-electron chi connectivity index (χ2n) is 6.73. The van der Waals surface area contributed by atoms with E-state index in [2.05, 4.69) is 0 Å². The fraction of sp³-hybridized carbons (Fsp3) is 0.500. The molecular formula is C18H24N2O3. The van der Waals surface area contributed by atoms with Crippen molar-refractivity contribution < 1.29 is 14.3 Å². The molecule has 5 nitrogen and oxygen atoms in total. The lowest BCUT2D eigenvalue weighted by Crippen LogP contribution is -2.35. The van der Waals surface area contributed by atoms with Gasteiger partial charge in [0, 0.05) is 31.1 Å². The molecule has 1 N–H and O–H groups in total. The third-order valence-electron chi connectivity index (χ3n) is 4.34. The molecule has 1 heterocycles. The summed E-state index contributed by atoms with van der Waals surface area (Å²) in [6.45, 7) is 0.985. The lowest BCUT2D eigenvalue weighted by molar-refractivity contribution is 0.0617. The number of furan rings is 1. The van der Waals surface area contributed by atoms with Crippen LogP contribution < -0.4 is 0 Å². The smallest absolute Gasteiger partial charge is 0.289 e. The van der Waals surface area contributed by atoms with E-state index in [0.717, 1.165) is 29.4 Å². The van der Waals surface area contributed by atoms with Crippen LogP contribution >= 0.6 is 0 Å². The van der Waals surface area contributed by atoms with Crippen molar-refractivity contribution in [2.75, 3.05) is 27.7 Å². The number of rotatable bonds is 6. The van der Waals surface area contributed by atoms with E-state index in [1.165, 1.54) is 0 Å². The van der Waals surface area contributed by atoms with Crippen molar-refractivity contribution in [2.24, 2.45) is 5.92 Å². The molecule has 0 spiro atoms. The zero-order valence-electron chi connectivity index (χ0n) is 14.0. The molecule has 1 aromatic carbocycles. The maximum atomic E-state index is 12.8. The molecule has 2 aromatic rings. The van der Waals surface area contributed by atoms with Gasteiger partial charge in [-0.25, -0.2) is 0 Å². The van der Waals surface area contributed by atoms with Gasteiger partial charge in [-0.3, -0.25) is 4.79 Å². The van der Waals surface area contributed by atoms with Crippen LogP contribution in [0.3, 0.4) is 0 Å². The van der Waals surface area contributed by atoms with Gasteiger partial charge in [-0.15, -0.1) is 0 Å². The van der Waals surface area contributed by atoms with Gasteiger partial charge in [0.15, 0.2) is 5.76 Å². The molecular weight excluding hydrogens is 292 g/mol. The Hall–Kier alpha value is -1.85. The first-order chi connectivity index (χ1) is 11.0. The molecule has 1 atom stereocenters. The Kier molecular flexibility index (Phi) is 4.41. The number of aliphatic hydroxyl groups is 1. The molecule has 1 aromatic heterocycles. The van der Waals surface area contributed by atoms with Crippen molar-refractivity contribution >= 4 is 16.9 Å². The number of aliphatic hydroxyl groups excluding tert-OH is 1. The van der Waals surface area contributed by atoms with Gasteiger partial charge in [-0.2, -0.15) is 0 Å². The van der Waals surface area contributed by atoms with Crippen LogP contribution in [0.2, 0.25) is 0 Å². The normalized spacial score (nSPS) is 16.0. The quantitative estimate of drug-likeness (QED) is 0.889. The Labute approximate surface area is 136 Å². The van der Waals surface area contributed by atoms with Gasteiger partial charge in [0.05, 0.1) is 6.10 Å². The minimum atomic E-state index is -0.439. The Bertz CT molecular complexity index is 703. The summed E-state index contributed by atoms with van der Waals surface area (Å²) in [5.74, 6) is 0.560. The molecule has 0 saturated heterocycles. The van der Waals surface area contributed by atoms with Gasteiger partial charge in [0.2, 0.25) is 0 Å². The highest BCUT2D eigenvalue weighted by atomic mass is 16.3. The second kappa shape index (κ2) is 6.34.